The van der Waals surface area contributed by atoms with Crippen molar-refractivity contribution in [1.29, 1.82) is 0 Å². The summed E-state index contributed by atoms with van der Waals surface area (Å²) in [4.78, 5) is 96.0. The first-order valence-electron chi connectivity index (χ1n) is 20.5. The van der Waals surface area contributed by atoms with Crippen LogP contribution in [-0.4, -0.2) is 230 Å². The number of ether oxygens (including phenoxy) is 8. The van der Waals surface area contributed by atoms with Gasteiger partial charge in [0.05, 0.1) is 38.9 Å². The van der Waals surface area contributed by atoms with Crippen molar-refractivity contribution in [1.82, 2.24) is 36.8 Å². The maximum Gasteiger partial charge on any atom is 0.407 e. The van der Waals surface area contributed by atoms with Crippen LogP contribution >= 0.6 is 0 Å². The van der Waals surface area contributed by atoms with Crippen molar-refractivity contribution in [3.63, 3.8) is 0 Å². The van der Waals surface area contributed by atoms with Crippen molar-refractivity contribution in [2.75, 3.05) is 132 Å². The quantitative estimate of drug-likeness (QED) is 0.0159. The van der Waals surface area contributed by atoms with Crippen molar-refractivity contribution < 1.29 is 96.7 Å². The minimum absolute atomic E-state index is 0.155. The Morgan fingerprint density at radius 2 is 0.844 bits per heavy atom. The summed E-state index contributed by atoms with van der Waals surface area (Å²) in [5, 5.41) is 54.9. The molecule has 3 amide bonds. The predicted octanol–water partition coefficient (Wildman–Crippen LogP) is -4.76. The molecule has 0 aromatic heterocycles. The van der Waals surface area contributed by atoms with Gasteiger partial charge < -0.3 is 95.1 Å². The summed E-state index contributed by atoms with van der Waals surface area (Å²) in [6.45, 7) is 1.75. The van der Waals surface area contributed by atoms with E-state index < -0.39 is 119 Å². The van der Waals surface area contributed by atoms with Gasteiger partial charge >= 0.3 is 48.1 Å². The van der Waals surface area contributed by atoms with Gasteiger partial charge in [-0.1, -0.05) is 0 Å². The molecule has 0 radical (unpaired) electrons. The number of hydrogen-bond donors (Lipinski definition) is 10. The zero-order chi connectivity index (χ0) is 48.0. The molecule has 370 valence electrons. The van der Waals surface area contributed by atoms with Crippen LogP contribution in [-0.2, 0) is 61.9 Å². The molecule has 27 nitrogen and oxygen atoms in total. The summed E-state index contributed by atoms with van der Waals surface area (Å²) in [6, 6.07) is 0. The number of amides is 3. The fourth-order valence-electron chi connectivity index (χ4n) is 4.36. The standard InChI is InChI=1S/C37H67N7O20/c1-26(47)63-29(18-45)24-59-33(52)6-4-31(50)57-20-27(48)22-61-35(54)41-12-10-39-8-9-40-11-13-42-37(56)64-30(19-46)25-60-34(53)7-5-32(51)58-21-28(49)23-62-36(55)43-15-17-44(3)16-14-38-2/h27-30,38-40,45-46,48-49H,4-25H2,1-3H3,(H,41,54)(H,42,56)(H,43,55). The Labute approximate surface area is 370 Å². The molecule has 27 heteroatoms. The molecule has 0 aliphatic carbocycles. The second kappa shape index (κ2) is 38.3. The lowest BCUT2D eigenvalue weighted by Gasteiger charge is -2.17. The molecule has 0 bridgehead atoms. The molecular weight excluding hydrogens is 862 g/mol. The van der Waals surface area contributed by atoms with Gasteiger partial charge in [0.1, 0.15) is 51.8 Å². The molecule has 0 aliphatic heterocycles. The maximum atomic E-state index is 12.0. The van der Waals surface area contributed by atoms with E-state index in [-0.39, 0.29) is 45.4 Å². The molecule has 0 rings (SSSR count). The highest BCUT2D eigenvalue weighted by Gasteiger charge is 2.19. The number of hydrogen-bond acceptors (Lipinski definition) is 24. The van der Waals surface area contributed by atoms with Gasteiger partial charge in [-0.3, -0.25) is 24.0 Å². The molecule has 0 aliphatic rings. The number of aliphatic hydroxyl groups is 4. The van der Waals surface area contributed by atoms with Gasteiger partial charge in [-0.25, -0.2) is 14.4 Å². The van der Waals surface area contributed by atoms with Crippen LogP contribution < -0.4 is 31.9 Å². The summed E-state index contributed by atoms with van der Waals surface area (Å²) < 4.78 is 38.9. The molecule has 10 N–H and O–H groups in total. The van der Waals surface area contributed by atoms with Crippen molar-refractivity contribution in [2.45, 2.75) is 57.0 Å². The SMILES string of the molecule is CNCCN(C)CCNC(=O)OCC(O)COC(=O)CCC(=O)OCC(CO)OC(=O)NCCNCCNCCNC(=O)OCC(O)COC(=O)CCC(=O)OCC(CO)OC(C)=O. The van der Waals surface area contributed by atoms with Crippen LogP contribution in [0.25, 0.3) is 0 Å². The number of alkyl carbamates (subject to hydrolysis) is 3. The number of aliphatic hydroxyl groups excluding tert-OH is 4. The summed E-state index contributed by atoms with van der Waals surface area (Å²) in [5.74, 6) is -3.92. The summed E-state index contributed by atoms with van der Waals surface area (Å²) in [7, 11) is 3.73. The second-order valence-electron chi connectivity index (χ2n) is 13.5. The fraction of sp³-hybridized carbons (Fsp3) is 0.784. The number of carbonyl (C=O) groups is 8. The molecule has 64 heavy (non-hydrogen) atoms. The molecule has 0 heterocycles. The normalized spacial score (nSPS) is 12.7. The lowest BCUT2D eigenvalue weighted by atomic mass is 10.3. The van der Waals surface area contributed by atoms with E-state index in [0.717, 1.165) is 20.0 Å². The monoisotopic (exact) mass is 929 g/mol. The van der Waals surface area contributed by atoms with Gasteiger partial charge in [-0.05, 0) is 14.1 Å². The first-order valence-corrected chi connectivity index (χ1v) is 20.5. The topological polar surface area (TPSA) is 367 Å². The molecule has 4 unspecified atom stereocenters. The Morgan fingerprint density at radius 3 is 1.27 bits per heavy atom. The van der Waals surface area contributed by atoms with Crippen molar-refractivity contribution in [2.24, 2.45) is 0 Å². The molecule has 0 fully saturated rings. The van der Waals surface area contributed by atoms with Crippen LogP contribution in [0.3, 0.4) is 0 Å². The first kappa shape index (κ1) is 58.8. The van der Waals surface area contributed by atoms with Gasteiger partial charge in [-0.2, -0.15) is 0 Å². The summed E-state index contributed by atoms with van der Waals surface area (Å²) in [6.07, 6.45) is -8.73. The van der Waals surface area contributed by atoms with E-state index in [1.54, 1.807) is 0 Å². The fourth-order valence-corrected chi connectivity index (χ4v) is 4.36. The average Bonchev–Trinajstić information content (AvgIpc) is 3.26. The zero-order valence-corrected chi connectivity index (χ0v) is 36.6. The van der Waals surface area contributed by atoms with Crippen LogP contribution in [0.4, 0.5) is 14.4 Å². The number of carbonyl (C=O) groups excluding carboxylic acids is 8. The van der Waals surface area contributed by atoms with E-state index in [4.69, 9.17) is 43.0 Å². The summed E-state index contributed by atoms with van der Waals surface area (Å²) >= 11 is 0. The molecule has 0 aromatic rings. The third kappa shape index (κ3) is 36.3. The van der Waals surface area contributed by atoms with Crippen molar-refractivity contribution in [3.8, 4) is 0 Å². The van der Waals surface area contributed by atoms with E-state index in [0.29, 0.717) is 39.3 Å². The van der Waals surface area contributed by atoms with Crippen LogP contribution in [0.15, 0.2) is 0 Å². The van der Waals surface area contributed by atoms with Gasteiger partial charge in [0.2, 0.25) is 0 Å². The molecular formula is C37H67N7O20. The Morgan fingerprint density at radius 1 is 0.484 bits per heavy atom. The minimum Gasteiger partial charge on any atom is -0.463 e. The highest BCUT2D eigenvalue weighted by atomic mass is 16.6. The highest BCUT2D eigenvalue weighted by molar-refractivity contribution is 5.78. The van der Waals surface area contributed by atoms with Crippen LogP contribution in [0.2, 0.25) is 0 Å². The van der Waals surface area contributed by atoms with Gasteiger partial charge in [0.25, 0.3) is 0 Å². The number of rotatable bonds is 37. The van der Waals surface area contributed by atoms with E-state index in [1.807, 2.05) is 19.0 Å². The maximum absolute atomic E-state index is 12.0. The highest BCUT2D eigenvalue weighted by Crippen LogP contribution is 2.02. The number of likely N-dealkylation sites (N-methyl/N-ethyl adjacent to an activating group) is 2. The Bertz CT molecular complexity index is 1370. The lowest BCUT2D eigenvalue weighted by molar-refractivity contribution is -0.160. The first-order chi connectivity index (χ1) is 30.6. The van der Waals surface area contributed by atoms with Crippen LogP contribution in [0.5, 0.6) is 0 Å². The van der Waals surface area contributed by atoms with Crippen LogP contribution in [0.1, 0.15) is 32.6 Å². The van der Waals surface area contributed by atoms with E-state index >= 15 is 0 Å². The van der Waals surface area contributed by atoms with Crippen molar-refractivity contribution >= 4 is 48.1 Å². The van der Waals surface area contributed by atoms with Gasteiger partial charge in [0, 0.05) is 72.4 Å². The average molecular weight is 930 g/mol. The molecule has 4 atom stereocenters. The lowest BCUT2D eigenvalue weighted by Crippen LogP contribution is -2.39. The Balaban J connectivity index is 3.89. The van der Waals surface area contributed by atoms with Crippen LogP contribution in [0, 0.1) is 0 Å². The Hall–Kier alpha value is -5.16. The number of esters is 5. The third-order valence-electron chi connectivity index (χ3n) is 7.75. The predicted molar refractivity (Wildman–Crippen MR) is 218 cm³/mol. The van der Waals surface area contributed by atoms with E-state index in [9.17, 15) is 53.7 Å². The Kier molecular flexibility index (Phi) is 35.2. The number of nitrogens with one attached hydrogen (secondary N) is 6. The van der Waals surface area contributed by atoms with E-state index in [1.165, 1.54) is 0 Å². The second-order valence-corrected chi connectivity index (χ2v) is 13.5. The molecule has 0 spiro atoms. The third-order valence-corrected chi connectivity index (χ3v) is 7.75. The molecule has 0 saturated heterocycles. The number of nitrogens with zero attached hydrogens (tertiary/aromatic N) is 1. The molecule has 0 saturated carbocycles. The van der Waals surface area contributed by atoms with Gasteiger partial charge in [-0.15, -0.1) is 0 Å². The van der Waals surface area contributed by atoms with E-state index in [2.05, 4.69) is 31.9 Å². The smallest absolute Gasteiger partial charge is 0.407 e. The largest absolute Gasteiger partial charge is 0.463 e. The summed E-state index contributed by atoms with van der Waals surface area (Å²) in [5.41, 5.74) is 0. The molecule has 0 aromatic carbocycles. The van der Waals surface area contributed by atoms with Gasteiger partial charge in [0.15, 0.2) is 12.2 Å². The minimum atomic E-state index is -1.32. The zero-order valence-electron chi connectivity index (χ0n) is 36.6. The van der Waals surface area contributed by atoms with Crippen molar-refractivity contribution in [3.05, 3.63) is 0 Å².